The molecule has 0 spiro atoms. The minimum atomic E-state index is -1.38. The number of carboxylic acid groups (broad SMARTS) is 1. The van der Waals surface area contributed by atoms with Gasteiger partial charge in [-0.05, 0) is 18.6 Å². The van der Waals surface area contributed by atoms with Crippen LogP contribution in [0.2, 0.25) is 0 Å². The van der Waals surface area contributed by atoms with Crippen LogP contribution in [0, 0.1) is 0 Å². The van der Waals surface area contributed by atoms with E-state index in [0.29, 0.717) is 24.7 Å². The molecule has 0 heterocycles. The molecule has 1 aromatic carbocycles. The van der Waals surface area contributed by atoms with E-state index in [2.05, 4.69) is 0 Å². The fourth-order valence-electron chi connectivity index (χ4n) is 1.48. The molecular formula is C11H15BNO5. The molecule has 0 aliphatic heterocycles. The van der Waals surface area contributed by atoms with Crippen LogP contribution in [0.15, 0.2) is 18.2 Å². The Morgan fingerprint density at radius 2 is 2.22 bits per heavy atom. The Morgan fingerprint density at radius 1 is 1.56 bits per heavy atom. The first-order chi connectivity index (χ1) is 8.40. The number of carboxylic acids is 1. The summed E-state index contributed by atoms with van der Waals surface area (Å²) in [6, 6.07) is 4.77. The molecule has 97 valence electrons. The van der Waals surface area contributed by atoms with Gasteiger partial charge in [0, 0.05) is 12.5 Å². The van der Waals surface area contributed by atoms with Gasteiger partial charge >= 0.3 is 13.7 Å². The highest BCUT2D eigenvalue weighted by Crippen LogP contribution is 2.27. The summed E-state index contributed by atoms with van der Waals surface area (Å²) in [6.07, 6.45) is 0.120. The second kappa shape index (κ2) is 5.75. The summed E-state index contributed by atoms with van der Waals surface area (Å²) in [5.74, 6) is -0.256. The summed E-state index contributed by atoms with van der Waals surface area (Å²) in [5, 5.41) is 17.5. The van der Waals surface area contributed by atoms with E-state index in [0.717, 1.165) is 0 Å². The number of benzene rings is 1. The van der Waals surface area contributed by atoms with E-state index >= 15 is 0 Å². The molecule has 1 aromatic rings. The molecule has 0 amide bonds. The van der Waals surface area contributed by atoms with Crippen LogP contribution in [0.3, 0.4) is 0 Å². The third kappa shape index (κ3) is 3.38. The van der Waals surface area contributed by atoms with E-state index in [-0.39, 0.29) is 6.42 Å². The fourth-order valence-corrected chi connectivity index (χ4v) is 1.48. The minimum Gasteiger partial charge on any atom is -0.537 e. The van der Waals surface area contributed by atoms with Crippen molar-refractivity contribution >= 4 is 13.7 Å². The Bertz CT molecular complexity index is 435. The number of carbonyl (C=O) groups is 1. The smallest absolute Gasteiger partial charge is 0.537 e. The molecule has 1 atom stereocenters. The van der Waals surface area contributed by atoms with Crippen LogP contribution in [0.4, 0.5) is 0 Å². The lowest BCUT2D eigenvalue weighted by atomic mass is 9.93. The quantitative estimate of drug-likeness (QED) is 0.613. The highest BCUT2D eigenvalue weighted by atomic mass is 16.5. The van der Waals surface area contributed by atoms with Gasteiger partial charge in [-0.2, -0.15) is 0 Å². The van der Waals surface area contributed by atoms with E-state index in [4.69, 9.17) is 25.3 Å². The van der Waals surface area contributed by atoms with Crippen LogP contribution in [0.5, 0.6) is 11.5 Å². The van der Waals surface area contributed by atoms with Crippen LogP contribution >= 0.6 is 0 Å². The van der Waals surface area contributed by atoms with Crippen molar-refractivity contribution in [3.8, 4) is 11.5 Å². The zero-order valence-electron chi connectivity index (χ0n) is 10.2. The number of ether oxygens (including phenoxy) is 1. The Balaban J connectivity index is 2.99. The molecule has 0 aliphatic rings. The van der Waals surface area contributed by atoms with Crippen molar-refractivity contribution in [1.29, 1.82) is 0 Å². The number of hydrogen-bond donors (Lipinski definition) is 3. The molecule has 18 heavy (non-hydrogen) atoms. The summed E-state index contributed by atoms with van der Waals surface area (Å²) in [7, 11) is 2.01. The summed E-state index contributed by atoms with van der Waals surface area (Å²) >= 11 is 0. The SMILES string of the molecule is COc1cc(O[B]O)ccc1C[C@](C)(N)C(=O)O. The van der Waals surface area contributed by atoms with Crippen molar-refractivity contribution in [2.75, 3.05) is 7.11 Å². The maximum absolute atomic E-state index is 11.0. The molecule has 0 aliphatic carbocycles. The van der Waals surface area contributed by atoms with Gasteiger partial charge in [0.25, 0.3) is 0 Å². The van der Waals surface area contributed by atoms with Gasteiger partial charge in [0.15, 0.2) is 0 Å². The average molecular weight is 252 g/mol. The van der Waals surface area contributed by atoms with Gasteiger partial charge in [-0.1, -0.05) is 6.07 Å². The number of hydrogen-bond acceptors (Lipinski definition) is 5. The predicted octanol–water partition coefficient (Wildman–Crippen LogP) is -0.0550. The standard InChI is InChI=1S/C11H15BNO5/c1-11(13,10(14)15)6-7-3-4-8(18-12-16)5-9(7)17-2/h3-5,16H,6,13H2,1-2H3,(H,14,15)/t11-/m0/s1. The molecular weight excluding hydrogens is 237 g/mol. The summed E-state index contributed by atoms with van der Waals surface area (Å²) < 4.78 is 9.92. The predicted molar refractivity (Wildman–Crippen MR) is 65.5 cm³/mol. The molecule has 0 unspecified atom stereocenters. The monoisotopic (exact) mass is 252 g/mol. The van der Waals surface area contributed by atoms with E-state index in [1.165, 1.54) is 14.0 Å². The lowest BCUT2D eigenvalue weighted by molar-refractivity contribution is -0.142. The molecule has 1 radical (unpaired) electrons. The lowest BCUT2D eigenvalue weighted by Crippen LogP contribution is -2.46. The van der Waals surface area contributed by atoms with Crippen molar-refractivity contribution in [3.63, 3.8) is 0 Å². The molecule has 6 nitrogen and oxygen atoms in total. The molecule has 7 heteroatoms. The molecule has 0 aromatic heterocycles. The maximum atomic E-state index is 11.0. The lowest BCUT2D eigenvalue weighted by Gasteiger charge is -2.20. The van der Waals surface area contributed by atoms with E-state index in [1.807, 2.05) is 0 Å². The van der Waals surface area contributed by atoms with Gasteiger partial charge in [0.1, 0.15) is 17.0 Å². The van der Waals surface area contributed by atoms with Gasteiger partial charge < -0.3 is 25.3 Å². The van der Waals surface area contributed by atoms with Crippen molar-refractivity contribution in [1.82, 2.24) is 0 Å². The number of rotatable bonds is 6. The maximum Gasteiger partial charge on any atom is 0.569 e. The van der Waals surface area contributed by atoms with Crippen LogP contribution in [0.1, 0.15) is 12.5 Å². The zero-order valence-corrected chi connectivity index (χ0v) is 10.2. The van der Waals surface area contributed by atoms with E-state index in [9.17, 15) is 4.79 Å². The van der Waals surface area contributed by atoms with Crippen molar-refractivity contribution < 1.29 is 24.3 Å². The number of nitrogens with two attached hydrogens (primary N) is 1. The van der Waals surface area contributed by atoms with Gasteiger partial charge in [0.2, 0.25) is 0 Å². The molecule has 4 N–H and O–H groups in total. The van der Waals surface area contributed by atoms with Crippen LogP contribution in [0.25, 0.3) is 0 Å². The Hall–Kier alpha value is -1.73. The first kappa shape index (κ1) is 14.3. The highest BCUT2D eigenvalue weighted by molar-refractivity contribution is 6.17. The summed E-state index contributed by atoms with van der Waals surface area (Å²) in [6.45, 7) is 1.43. The third-order valence-electron chi connectivity index (χ3n) is 2.49. The second-order valence-corrected chi connectivity index (χ2v) is 4.10. The number of aliphatic carboxylic acids is 1. The first-order valence-corrected chi connectivity index (χ1v) is 5.22. The summed E-state index contributed by atoms with van der Waals surface area (Å²) in [5.41, 5.74) is 4.95. The fraction of sp³-hybridized carbons (Fsp3) is 0.364. The van der Waals surface area contributed by atoms with Gasteiger partial charge in [-0.25, -0.2) is 0 Å². The molecule has 0 saturated heterocycles. The van der Waals surface area contributed by atoms with E-state index in [1.54, 1.807) is 18.2 Å². The Morgan fingerprint density at radius 3 is 2.72 bits per heavy atom. The van der Waals surface area contributed by atoms with Crippen LogP contribution in [-0.2, 0) is 11.2 Å². The molecule has 0 saturated carbocycles. The van der Waals surface area contributed by atoms with Crippen LogP contribution in [-0.4, -0.2) is 36.4 Å². The van der Waals surface area contributed by atoms with E-state index < -0.39 is 11.5 Å². The molecule has 1 rings (SSSR count). The van der Waals surface area contributed by atoms with Crippen molar-refractivity contribution in [2.45, 2.75) is 18.9 Å². The number of methoxy groups -OCH3 is 1. The molecule has 0 bridgehead atoms. The third-order valence-corrected chi connectivity index (χ3v) is 2.49. The van der Waals surface area contributed by atoms with Gasteiger partial charge in [-0.3, -0.25) is 4.79 Å². The highest BCUT2D eigenvalue weighted by Gasteiger charge is 2.29. The van der Waals surface area contributed by atoms with Gasteiger partial charge in [-0.15, -0.1) is 0 Å². The van der Waals surface area contributed by atoms with Crippen molar-refractivity contribution in [2.24, 2.45) is 5.73 Å². The summed E-state index contributed by atoms with van der Waals surface area (Å²) in [4.78, 5) is 11.0. The topological polar surface area (TPSA) is 102 Å². The average Bonchev–Trinajstić information content (AvgIpc) is 2.31. The normalized spacial score (nSPS) is 13.6. The minimum absolute atomic E-state index is 0.120. The Labute approximate surface area is 106 Å². The Kier molecular flexibility index (Phi) is 4.58. The molecule has 0 fully saturated rings. The second-order valence-electron chi connectivity index (χ2n) is 4.10. The zero-order chi connectivity index (χ0) is 13.8. The first-order valence-electron chi connectivity index (χ1n) is 5.22. The van der Waals surface area contributed by atoms with Gasteiger partial charge in [0.05, 0.1) is 7.11 Å². The largest absolute Gasteiger partial charge is 0.569 e. The van der Waals surface area contributed by atoms with Crippen molar-refractivity contribution in [3.05, 3.63) is 23.8 Å². The van der Waals surface area contributed by atoms with Crippen LogP contribution < -0.4 is 15.1 Å².